The summed E-state index contributed by atoms with van der Waals surface area (Å²) in [6.07, 6.45) is 4.36. The second-order valence-corrected chi connectivity index (χ2v) is 6.46. The molecular formula is C15H26N2O3. The first-order chi connectivity index (χ1) is 9.47. The molecule has 1 unspecified atom stereocenters. The summed E-state index contributed by atoms with van der Waals surface area (Å²) in [4.78, 5) is 27.3. The van der Waals surface area contributed by atoms with Crippen LogP contribution in [0.15, 0.2) is 0 Å². The van der Waals surface area contributed by atoms with E-state index in [0.29, 0.717) is 25.0 Å². The molecule has 1 saturated carbocycles. The summed E-state index contributed by atoms with van der Waals surface area (Å²) in [5.41, 5.74) is 0. The molecule has 1 N–H and O–H groups in total. The van der Waals surface area contributed by atoms with Gasteiger partial charge < -0.3 is 10.0 Å². The Morgan fingerprint density at radius 1 is 1.25 bits per heavy atom. The zero-order valence-corrected chi connectivity index (χ0v) is 12.5. The Kier molecular flexibility index (Phi) is 5.02. The number of piperidine rings is 1. The first-order valence-electron chi connectivity index (χ1n) is 7.72. The molecular weight excluding hydrogens is 256 g/mol. The molecule has 114 valence electrons. The molecule has 2 aliphatic rings. The van der Waals surface area contributed by atoms with Gasteiger partial charge in [-0.2, -0.15) is 0 Å². The molecule has 0 bridgehead atoms. The van der Waals surface area contributed by atoms with Crippen LogP contribution < -0.4 is 0 Å². The first kappa shape index (κ1) is 15.3. The summed E-state index contributed by atoms with van der Waals surface area (Å²) in [6, 6.07) is 0.421. The molecule has 0 radical (unpaired) electrons. The van der Waals surface area contributed by atoms with E-state index in [9.17, 15) is 9.59 Å². The second kappa shape index (κ2) is 6.57. The number of carboxylic acids is 1. The third-order valence-corrected chi connectivity index (χ3v) is 4.47. The van der Waals surface area contributed by atoms with Crippen molar-refractivity contribution in [2.45, 2.75) is 45.6 Å². The molecule has 5 heteroatoms. The standard InChI is InChI=1S/C15H26N2O3/c1-11-5-7-16(8-6-11)14(18)10-17(13-3-4-13)9-12(2)15(19)20/h11-13H,3-10H2,1-2H3,(H,19,20). The van der Waals surface area contributed by atoms with Crippen LogP contribution in [0.1, 0.15) is 39.5 Å². The van der Waals surface area contributed by atoms with E-state index >= 15 is 0 Å². The number of likely N-dealkylation sites (tertiary alicyclic amines) is 1. The Balaban J connectivity index is 1.84. The maximum atomic E-state index is 12.3. The van der Waals surface area contributed by atoms with Gasteiger partial charge in [-0.05, 0) is 31.6 Å². The van der Waals surface area contributed by atoms with Crippen LogP contribution in [0.2, 0.25) is 0 Å². The van der Waals surface area contributed by atoms with Crippen LogP contribution in [0.4, 0.5) is 0 Å². The molecule has 0 spiro atoms. The molecule has 2 fully saturated rings. The lowest BCUT2D eigenvalue weighted by Crippen LogP contribution is -2.46. The van der Waals surface area contributed by atoms with Gasteiger partial charge in [-0.3, -0.25) is 14.5 Å². The number of carboxylic acid groups (broad SMARTS) is 1. The van der Waals surface area contributed by atoms with Crippen LogP contribution >= 0.6 is 0 Å². The van der Waals surface area contributed by atoms with Crippen molar-refractivity contribution >= 4 is 11.9 Å². The minimum absolute atomic E-state index is 0.168. The zero-order valence-electron chi connectivity index (χ0n) is 12.5. The van der Waals surface area contributed by atoms with E-state index in [1.165, 1.54) is 0 Å². The van der Waals surface area contributed by atoms with E-state index in [1.807, 2.05) is 4.90 Å². The van der Waals surface area contributed by atoms with E-state index in [1.54, 1.807) is 6.92 Å². The van der Waals surface area contributed by atoms with Crippen molar-refractivity contribution in [1.29, 1.82) is 0 Å². The summed E-state index contributed by atoms with van der Waals surface area (Å²) in [6.45, 7) is 6.52. The summed E-state index contributed by atoms with van der Waals surface area (Å²) in [5, 5.41) is 9.02. The monoisotopic (exact) mass is 282 g/mol. The molecule has 1 aliphatic heterocycles. The van der Waals surface area contributed by atoms with Crippen LogP contribution in [0, 0.1) is 11.8 Å². The Morgan fingerprint density at radius 3 is 2.35 bits per heavy atom. The molecule has 5 nitrogen and oxygen atoms in total. The van der Waals surface area contributed by atoms with Gasteiger partial charge in [0.25, 0.3) is 0 Å². The molecule has 1 saturated heterocycles. The van der Waals surface area contributed by atoms with Crippen LogP contribution in [0.3, 0.4) is 0 Å². The largest absolute Gasteiger partial charge is 0.481 e. The lowest BCUT2D eigenvalue weighted by atomic mass is 9.99. The molecule has 2 rings (SSSR count). The van der Waals surface area contributed by atoms with Crippen LogP contribution in [0.5, 0.6) is 0 Å². The van der Waals surface area contributed by atoms with Crippen molar-refractivity contribution < 1.29 is 14.7 Å². The minimum atomic E-state index is -0.783. The van der Waals surface area contributed by atoms with Gasteiger partial charge in [0.2, 0.25) is 5.91 Å². The van der Waals surface area contributed by atoms with E-state index in [0.717, 1.165) is 38.8 Å². The molecule has 0 aromatic heterocycles. The SMILES string of the molecule is CC1CCN(C(=O)CN(CC(C)C(=O)O)C2CC2)CC1. The Hall–Kier alpha value is -1.10. The molecule has 20 heavy (non-hydrogen) atoms. The van der Waals surface area contributed by atoms with Crippen LogP contribution in [-0.2, 0) is 9.59 Å². The number of nitrogens with zero attached hydrogens (tertiary/aromatic N) is 2. The van der Waals surface area contributed by atoms with Crippen LogP contribution in [-0.4, -0.2) is 59.0 Å². The zero-order chi connectivity index (χ0) is 14.7. The Morgan fingerprint density at radius 2 is 1.85 bits per heavy atom. The molecule has 1 atom stereocenters. The quantitative estimate of drug-likeness (QED) is 0.800. The van der Waals surface area contributed by atoms with Crippen molar-refractivity contribution in [3.05, 3.63) is 0 Å². The fourth-order valence-corrected chi connectivity index (χ4v) is 2.74. The smallest absolute Gasteiger partial charge is 0.307 e. The average Bonchev–Trinajstić information content (AvgIpc) is 3.22. The highest BCUT2D eigenvalue weighted by atomic mass is 16.4. The number of hydrogen-bond acceptors (Lipinski definition) is 3. The average molecular weight is 282 g/mol. The van der Waals surface area contributed by atoms with Gasteiger partial charge in [-0.1, -0.05) is 13.8 Å². The Bertz CT molecular complexity index is 360. The lowest BCUT2D eigenvalue weighted by molar-refractivity contribution is -0.143. The van der Waals surface area contributed by atoms with Gasteiger partial charge in [0.15, 0.2) is 0 Å². The summed E-state index contributed by atoms with van der Waals surface area (Å²) in [7, 11) is 0. The van der Waals surface area contributed by atoms with Gasteiger partial charge in [0, 0.05) is 25.7 Å². The number of carbonyl (C=O) groups is 2. The number of amides is 1. The predicted octanol–water partition coefficient (Wildman–Crippen LogP) is 1.43. The van der Waals surface area contributed by atoms with E-state index in [4.69, 9.17) is 5.11 Å². The van der Waals surface area contributed by atoms with E-state index < -0.39 is 11.9 Å². The molecule has 1 heterocycles. The summed E-state index contributed by atoms with van der Waals surface area (Å²) in [5.74, 6) is -0.313. The number of aliphatic carboxylic acids is 1. The van der Waals surface area contributed by atoms with Gasteiger partial charge in [0.05, 0.1) is 12.5 Å². The van der Waals surface area contributed by atoms with Crippen molar-refractivity contribution in [3.8, 4) is 0 Å². The van der Waals surface area contributed by atoms with Gasteiger partial charge >= 0.3 is 5.97 Å². The highest BCUT2D eigenvalue weighted by Gasteiger charge is 2.33. The predicted molar refractivity (Wildman–Crippen MR) is 76.4 cm³/mol. The molecule has 0 aromatic rings. The van der Waals surface area contributed by atoms with Gasteiger partial charge in [-0.15, -0.1) is 0 Å². The van der Waals surface area contributed by atoms with Crippen molar-refractivity contribution in [2.24, 2.45) is 11.8 Å². The highest BCUT2D eigenvalue weighted by molar-refractivity contribution is 5.78. The van der Waals surface area contributed by atoms with Gasteiger partial charge in [0.1, 0.15) is 0 Å². The molecule has 0 aromatic carbocycles. The van der Waals surface area contributed by atoms with E-state index in [2.05, 4.69) is 11.8 Å². The summed E-state index contributed by atoms with van der Waals surface area (Å²) < 4.78 is 0. The van der Waals surface area contributed by atoms with Gasteiger partial charge in [-0.25, -0.2) is 0 Å². The van der Waals surface area contributed by atoms with Crippen molar-refractivity contribution in [1.82, 2.24) is 9.80 Å². The normalized spacial score (nSPS) is 22.1. The van der Waals surface area contributed by atoms with Crippen molar-refractivity contribution in [2.75, 3.05) is 26.2 Å². The summed E-state index contributed by atoms with van der Waals surface area (Å²) >= 11 is 0. The molecule has 1 aliphatic carbocycles. The third-order valence-electron chi connectivity index (χ3n) is 4.47. The Labute approximate surface area is 120 Å². The fourth-order valence-electron chi connectivity index (χ4n) is 2.74. The topological polar surface area (TPSA) is 60.9 Å². The van der Waals surface area contributed by atoms with E-state index in [-0.39, 0.29) is 5.91 Å². The second-order valence-electron chi connectivity index (χ2n) is 6.46. The minimum Gasteiger partial charge on any atom is -0.481 e. The van der Waals surface area contributed by atoms with Crippen molar-refractivity contribution in [3.63, 3.8) is 0 Å². The van der Waals surface area contributed by atoms with Crippen LogP contribution in [0.25, 0.3) is 0 Å². The number of hydrogen-bond donors (Lipinski definition) is 1. The molecule has 1 amide bonds. The highest BCUT2D eigenvalue weighted by Crippen LogP contribution is 2.28. The maximum Gasteiger partial charge on any atom is 0.307 e. The first-order valence-corrected chi connectivity index (χ1v) is 7.72. The lowest BCUT2D eigenvalue weighted by Gasteiger charge is -2.32. The maximum absolute atomic E-state index is 12.3. The number of carbonyl (C=O) groups excluding carboxylic acids is 1. The number of rotatable bonds is 6. The fraction of sp³-hybridized carbons (Fsp3) is 0.867. The third kappa shape index (κ3) is 4.20.